The maximum Gasteiger partial charge on any atom is 0.0714 e. The summed E-state index contributed by atoms with van der Waals surface area (Å²) < 4.78 is 0. The monoisotopic (exact) mass is 309 g/mol. The van der Waals surface area contributed by atoms with Crippen LogP contribution in [0.2, 0.25) is 0 Å². The molecule has 1 heteroatoms. The van der Waals surface area contributed by atoms with Crippen molar-refractivity contribution >= 4 is 10.8 Å². The molecule has 0 aliphatic carbocycles. The fraction of sp³-hybridized carbons (Fsp3) is 0.0870. The standard InChI is InChI=1S/C23H19N/c1-16-15-22(21-14-8-12-18-9-6-7-13-20(18)21)24-17(2)23(16)19-10-4-3-5-11-19/h3-15H,1-2H3. The van der Waals surface area contributed by atoms with Gasteiger partial charge >= 0.3 is 0 Å². The summed E-state index contributed by atoms with van der Waals surface area (Å²) in [5.74, 6) is 0. The molecule has 4 aromatic rings. The molecule has 116 valence electrons. The van der Waals surface area contributed by atoms with Crippen molar-refractivity contribution in [1.82, 2.24) is 4.98 Å². The maximum atomic E-state index is 4.93. The van der Waals surface area contributed by atoms with Crippen LogP contribution in [0.3, 0.4) is 0 Å². The highest BCUT2D eigenvalue weighted by molar-refractivity contribution is 5.96. The number of fused-ring (bicyclic) bond motifs is 1. The van der Waals surface area contributed by atoms with Gasteiger partial charge in [0.15, 0.2) is 0 Å². The van der Waals surface area contributed by atoms with Gasteiger partial charge in [-0.05, 0) is 41.8 Å². The molecular weight excluding hydrogens is 290 g/mol. The van der Waals surface area contributed by atoms with Crippen molar-refractivity contribution in [2.24, 2.45) is 0 Å². The molecule has 0 saturated carbocycles. The minimum Gasteiger partial charge on any atom is -0.252 e. The van der Waals surface area contributed by atoms with Crippen LogP contribution in [0, 0.1) is 13.8 Å². The molecule has 0 amide bonds. The van der Waals surface area contributed by atoms with Crippen LogP contribution in [0.25, 0.3) is 33.2 Å². The summed E-state index contributed by atoms with van der Waals surface area (Å²) in [5.41, 5.74) is 7.03. The van der Waals surface area contributed by atoms with Crippen LogP contribution < -0.4 is 0 Å². The van der Waals surface area contributed by atoms with Gasteiger partial charge in [0.2, 0.25) is 0 Å². The second-order valence-electron chi connectivity index (χ2n) is 6.18. The lowest BCUT2D eigenvalue weighted by molar-refractivity contribution is 1.19. The highest BCUT2D eigenvalue weighted by atomic mass is 14.7. The van der Waals surface area contributed by atoms with Gasteiger partial charge in [0.25, 0.3) is 0 Å². The highest BCUT2D eigenvalue weighted by Crippen LogP contribution is 2.32. The van der Waals surface area contributed by atoms with Crippen molar-refractivity contribution in [2.75, 3.05) is 0 Å². The van der Waals surface area contributed by atoms with E-state index in [4.69, 9.17) is 4.98 Å². The van der Waals surface area contributed by atoms with Gasteiger partial charge in [-0.1, -0.05) is 72.8 Å². The number of nitrogens with zero attached hydrogens (tertiary/aromatic N) is 1. The van der Waals surface area contributed by atoms with Crippen molar-refractivity contribution in [2.45, 2.75) is 13.8 Å². The van der Waals surface area contributed by atoms with Gasteiger partial charge < -0.3 is 0 Å². The number of aromatic nitrogens is 1. The summed E-state index contributed by atoms with van der Waals surface area (Å²) in [6.07, 6.45) is 0. The van der Waals surface area contributed by atoms with Gasteiger partial charge in [0.05, 0.1) is 5.69 Å². The number of aryl methyl sites for hydroxylation is 2. The van der Waals surface area contributed by atoms with Gasteiger partial charge in [-0.15, -0.1) is 0 Å². The molecule has 0 spiro atoms. The molecule has 1 aromatic heterocycles. The van der Waals surface area contributed by atoms with E-state index in [1.807, 2.05) is 6.07 Å². The van der Waals surface area contributed by atoms with Crippen molar-refractivity contribution in [3.63, 3.8) is 0 Å². The summed E-state index contributed by atoms with van der Waals surface area (Å²) in [7, 11) is 0. The van der Waals surface area contributed by atoms with E-state index in [0.29, 0.717) is 0 Å². The molecule has 0 bridgehead atoms. The van der Waals surface area contributed by atoms with Gasteiger partial charge in [-0.2, -0.15) is 0 Å². The van der Waals surface area contributed by atoms with Gasteiger partial charge in [-0.25, -0.2) is 0 Å². The third-order valence-corrected chi connectivity index (χ3v) is 4.53. The zero-order valence-electron chi connectivity index (χ0n) is 14.0. The van der Waals surface area contributed by atoms with Crippen LogP contribution in [0.4, 0.5) is 0 Å². The quantitative estimate of drug-likeness (QED) is 0.430. The Morgan fingerprint density at radius 1 is 0.708 bits per heavy atom. The molecule has 0 N–H and O–H groups in total. The Morgan fingerprint density at radius 3 is 2.21 bits per heavy atom. The van der Waals surface area contributed by atoms with E-state index in [9.17, 15) is 0 Å². The first-order valence-electron chi connectivity index (χ1n) is 8.26. The number of pyridine rings is 1. The van der Waals surface area contributed by atoms with Gasteiger partial charge in [0, 0.05) is 16.8 Å². The Morgan fingerprint density at radius 2 is 1.42 bits per heavy atom. The average molecular weight is 309 g/mol. The highest BCUT2D eigenvalue weighted by Gasteiger charge is 2.11. The molecule has 0 unspecified atom stereocenters. The van der Waals surface area contributed by atoms with Gasteiger partial charge in [-0.3, -0.25) is 4.98 Å². The second kappa shape index (κ2) is 5.93. The molecule has 24 heavy (non-hydrogen) atoms. The van der Waals surface area contributed by atoms with E-state index in [1.165, 1.54) is 33.0 Å². The number of hydrogen-bond acceptors (Lipinski definition) is 1. The Balaban J connectivity index is 1.92. The lowest BCUT2D eigenvalue weighted by Gasteiger charge is -2.13. The van der Waals surface area contributed by atoms with E-state index in [1.54, 1.807) is 0 Å². The predicted octanol–water partition coefficient (Wildman–Crippen LogP) is 6.19. The molecule has 0 aliphatic heterocycles. The third-order valence-electron chi connectivity index (χ3n) is 4.53. The minimum atomic E-state index is 1.04. The molecule has 0 saturated heterocycles. The molecule has 0 atom stereocenters. The topological polar surface area (TPSA) is 12.9 Å². The summed E-state index contributed by atoms with van der Waals surface area (Å²) >= 11 is 0. The van der Waals surface area contributed by atoms with Crippen molar-refractivity contribution in [3.8, 4) is 22.4 Å². The van der Waals surface area contributed by atoms with E-state index < -0.39 is 0 Å². The third kappa shape index (κ3) is 2.48. The van der Waals surface area contributed by atoms with Crippen molar-refractivity contribution in [3.05, 3.63) is 90.1 Å². The first kappa shape index (κ1) is 14.6. The molecule has 3 aromatic carbocycles. The summed E-state index contributed by atoms with van der Waals surface area (Å²) in [5, 5.41) is 2.50. The van der Waals surface area contributed by atoms with E-state index in [2.05, 4.69) is 86.6 Å². The van der Waals surface area contributed by atoms with Gasteiger partial charge in [0.1, 0.15) is 0 Å². The summed E-state index contributed by atoms with van der Waals surface area (Å²) in [6.45, 7) is 4.27. The Hall–Kier alpha value is -2.93. The van der Waals surface area contributed by atoms with E-state index >= 15 is 0 Å². The first-order chi connectivity index (χ1) is 11.7. The van der Waals surface area contributed by atoms with Crippen LogP contribution in [-0.4, -0.2) is 4.98 Å². The fourth-order valence-electron chi connectivity index (χ4n) is 3.46. The molecule has 0 radical (unpaired) electrons. The molecule has 4 rings (SSSR count). The Bertz CT molecular complexity index is 988. The van der Waals surface area contributed by atoms with Crippen molar-refractivity contribution in [1.29, 1.82) is 0 Å². The van der Waals surface area contributed by atoms with E-state index in [-0.39, 0.29) is 0 Å². The van der Waals surface area contributed by atoms with Crippen LogP contribution >= 0.6 is 0 Å². The fourth-order valence-corrected chi connectivity index (χ4v) is 3.46. The zero-order valence-corrected chi connectivity index (χ0v) is 14.0. The molecular formula is C23H19N. The lowest BCUT2D eigenvalue weighted by Crippen LogP contribution is -1.95. The minimum absolute atomic E-state index is 1.04. The molecule has 1 nitrogen and oxygen atoms in total. The van der Waals surface area contributed by atoms with Crippen LogP contribution in [0.5, 0.6) is 0 Å². The SMILES string of the molecule is Cc1cc(-c2cccc3ccccc23)nc(C)c1-c1ccccc1. The number of benzene rings is 3. The summed E-state index contributed by atoms with van der Waals surface area (Å²) in [4.78, 5) is 4.93. The lowest BCUT2D eigenvalue weighted by atomic mass is 9.96. The second-order valence-corrected chi connectivity index (χ2v) is 6.18. The van der Waals surface area contributed by atoms with Crippen LogP contribution in [0.15, 0.2) is 78.9 Å². The van der Waals surface area contributed by atoms with E-state index in [0.717, 1.165) is 11.4 Å². The molecule has 0 aliphatic rings. The average Bonchev–Trinajstić information content (AvgIpc) is 2.61. The predicted molar refractivity (Wildman–Crippen MR) is 102 cm³/mol. The zero-order chi connectivity index (χ0) is 16.5. The summed E-state index contributed by atoms with van der Waals surface area (Å²) in [6, 6.07) is 27.6. The largest absolute Gasteiger partial charge is 0.252 e. The number of rotatable bonds is 2. The molecule has 1 heterocycles. The van der Waals surface area contributed by atoms with Crippen LogP contribution in [0.1, 0.15) is 11.3 Å². The normalized spacial score (nSPS) is 10.9. The maximum absolute atomic E-state index is 4.93. The smallest absolute Gasteiger partial charge is 0.0714 e. The Kier molecular flexibility index (Phi) is 3.62. The Labute approximate surface area is 142 Å². The number of hydrogen-bond donors (Lipinski definition) is 0. The van der Waals surface area contributed by atoms with Crippen LogP contribution in [-0.2, 0) is 0 Å². The molecule has 0 fully saturated rings. The van der Waals surface area contributed by atoms with Crippen molar-refractivity contribution < 1.29 is 0 Å². The first-order valence-corrected chi connectivity index (χ1v) is 8.26.